The van der Waals surface area contributed by atoms with Gasteiger partial charge in [-0.25, -0.2) is 22.9 Å². The molecule has 19 heavy (non-hydrogen) atoms. The van der Waals surface area contributed by atoms with E-state index in [1.807, 2.05) is 0 Å². The van der Waals surface area contributed by atoms with Gasteiger partial charge in [-0.3, -0.25) is 0 Å². The van der Waals surface area contributed by atoms with Gasteiger partial charge in [0, 0.05) is 19.3 Å². The molecule has 1 rings (SSSR count). The number of sulfonamides is 1. The van der Waals surface area contributed by atoms with E-state index in [2.05, 4.69) is 15.0 Å². The van der Waals surface area contributed by atoms with Crippen LogP contribution in [0.1, 0.15) is 17.3 Å². The van der Waals surface area contributed by atoms with Crippen LogP contribution in [0.4, 0.5) is 11.5 Å². The lowest BCUT2D eigenvalue weighted by Gasteiger charge is -2.10. The average Bonchev–Trinajstić information content (AvgIpc) is 2.30. The van der Waals surface area contributed by atoms with E-state index in [4.69, 9.17) is 10.8 Å². The van der Waals surface area contributed by atoms with Crippen molar-refractivity contribution < 1.29 is 18.3 Å². The molecule has 0 aliphatic rings. The molecule has 8 nitrogen and oxygen atoms in total. The monoisotopic (exact) mass is 288 g/mol. The number of rotatable bonds is 7. The molecule has 1 aromatic rings. The quantitative estimate of drug-likeness (QED) is 0.541. The maximum Gasteiger partial charge on any atom is 0.337 e. The third kappa shape index (κ3) is 4.38. The van der Waals surface area contributed by atoms with Gasteiger partial charge in [-0.2, -0.15) is 0 Å². The van der Waals surface area contributed by atoms with Crippen molar-refractivity contribution in [3.05, 3.63) is 17.8 Å². The van der Waals surface area contributed by atoms with Gasteiger partial charge in [0.1, 0.15) is 5.82 Å². The van der Waals surface area contributed by atoms with Gasteiger partial charge in [0.05, 0.1) is 17.0 Å². The zero-order valence-corrected chi connectivity index (χ0v) is 11.2. The van der Waals surface area contributed by atoms with Crippen LogP contribution in [0.15, 0.2) is 12.3 Å². The van der Waals surface area contributed by atoms with Crippen LogP contribution < -0.4 is 15.8 Å². The minimum absolute atomic E-state index is 0.0177. The van der Waals surface area contributed by atoms with E-state index in [9.17, 15) is 13.2 Å². The highest BCUT2D eigenvalue weighted by molar-refractivity contribution is 7.89. The standard InChI is InChI=1S/C10H16N4O4S/c1-2-14-19(17,18)6-5-13-9-8(11)7(10(15)16)3-4-12-9/h3-4,14H,2,5-6,11H2,1H3,(H,12,13)(H,15,16). The van der Waals surface area contributed by atoms with Crippen LogP contribution in [0, 0.1) is 0 Å². The molecule has 0 aliphatic heterocycles. The summed E-state index contributed by atoms with van der Waals surface area (Å²) in [6.45, 7) is 2.08. The molecule has 0 amide bonds. The van der Waals surface area contributed by atoms with Gasteiger partial charge in [-0.1, -0.05) is 6.92 Å². The van der Waals surface area contributed by atoms with Crippen LogP contribution >= 0.6 is 0 Å². The number of hydrogen-bond acceptors (Lipinski definition) is 6. The molecule has 0 saturated carbocycles. The van der Waals surface area contributed by atoms with Crippen LogP contribution in [0.2, 0.25) is 0 Å². The largest absolute Gasteiger partial charge is 0.478 e. The number of nitrogen functional groups attached to an aromatic ring is 1. The van der Waals surface area contributed by atoms with Crippen molar-refractivity contribution in [3.8, 4) is 0 Å². The SMILES string of the molecule is CCNS(=O)(=O)CCNc1nccc(C(=O)O)c1N. The summed E-state index contributed by atoms with van der Waals surface area (Å²) < 4.78 is 25.1. The van der Waals surface area contributed by atoms with Gasteiger partial charge in [-0.15, -0.1) is 0 Å². The third-order valence-corrected chi connectivity index (χ3v) is 3.72. The van der Waals surface area contributed by atoms with E-state index in [1.165, 1.54) is 12.3 Å². The van der Waals surface area contributed by atoms with Crippen LogP contribution in [0.5, 0.6) is 0 Å². The molecule has 0 spiro atoms. The summed E-state index contributed by atoms with van der Waals surface area (Å²) in [4.78, 5) is 14.7. The van der Waals surface area contributed by atoms with E-state index >= 15 is 0 Å². The Morgan fingerprint density at radius 3 is 2.79 bits per heavy atom. The van der Waals surface area contributed by atoms with E-state index < -0.39 is 16.0 Å². The summed E-state index contributed by atoms with van der Waals surface area (Å²) >= 11 is 0. The number of aromatic carboxylic acids is 1. The Morgan fingerprint density at radius 1 is 1.53 bits per heavy atom. The molecule has 0 bridgehead atoms. The van der Waals surface area contributed by atoms with Gasteiger partial charge in [0.2, 0.25) is 10.0 Å². The molecule has 1 heterocycles. The smallest absolute Gasteiger partial charge is 0.337 e. The second-order valence-electron chi connectivity index (χ2n) is 3.67. The Balaban J connectivity index is 2.69. The number of nitrogens with one attached hydrogen (secondary N) is 2. The van der Waals surface area contributed by atoms with Gasteiger partial charge < -0.3 is 16.2 Å². The van der Waals surface area contributed by atoms with Crippen molar-refractivity contribution in [1.29, 1.82) is 0 Å². The van der Waals surface area contributed by atoms with Crippen molar-refractivity contribution >= 4 is 27.5 Å². The topological polar surface area (TPSA) is 134 Å². The Bertz CT molecular complexity index is 559. The second-order valence-corrected chi connectivity index (χ2v) is 5.60. The molecular weight excluding hydrogens is 272 g/mol. The van der Waals surface area contributed by atoms with E-state index in [0.717, 1.165) is 0 Å². The van der Waals surface area contributed by atoms with Gasteiger partial charge >= 0.3 is 5.97 Å². The first-order valence-electron chi connectivity index (χ1n) is 5.56. The lowest BCUT2D eigenvalue weighted by Crippen LogP contribution is -2.29. The summed E-state index contributed by atoms with van der Waals surface area (Å²) in [6.07, 6.45) is 1.29. The zero-order valence-electron chi connectivity index (χ0n) is 10.4. The van der Waals surface area contributed by atoms with Crippen molar-refractivity contribution in [2.24, 2.45) is 0 Å². The van der Waals surface area contributed by atoms with E-state index in [0.29, 0.717) is 6.54 Å². The van der Waals surface area contributed by atoms with Gasteiger partial charge in [-0.05, 0) is 6.07 Å². The number of nitrogens with zero attached hydrogens (tertiary/aromatic N) is 1. The summed E-state index contributed by atoms with van der Waals surface area (Å²) in [5.74, 6) is -1.16. The number of carbonyl (C=O) groups is 1. The zero-order chi connectivity index (χ0) is 14.5. The van der Waals surface area contributed by atoms with Gasteiger partial charge in [0.25, 0.3) is 0 Å². The van der Waals surface area contributed by atoms with Crippen molar-refractivity contribution in [2.75, 3.05) is 29.9 Å². The molecule has 106 valence electrons. The fourth-order valence-electron chi connectivity index (χ4n) is 1.40. The van der Waals surface area contributed by atoms with Crippen LogP contribution in [0.3, 0.4) is 0 Å². The predicted octanol–water partition coefficient (Wildman–Crippen LogP) is -0.287. The molecule has 0 aromatic carbocycles. The summed E-state index contributed by atoms with van der Waals surface area (Å²) in [5, 5.41) is 11.6. The molecule has 0 fully saturated rings. The molecular formula is C10H16N4O4S. The number of hydrogen-bond donors (Lipinski definition) is 4. The minimum Gasteiger partial charge on any atom is -0.478 e. The fraction of sp³-hybridized carbons (Fsp3) is 0.400. The number of pyridine rings is 1. The Kier molecular flexibility index (Phi) is 5.07. The number of nitrogens with two attached hydrogens (primary N) is 1. The number of anilines is 2. The Morgan fingerprint density at radius 2 is 2.21 bits per heavy atom. The highest BCUT2D eigenvalue weighted by Crippen LogP contribution is 2.19. The predicted molar refractivity (Wildman–Crippen MR) is 71.6 cm³/mol. The van der Waals surface area contributed by atoms with E-state index in [1.54, 1.807) is 6.92 Å². The minimum atomic E-state index is -3.34. The lowest BCUT2D eigenvalue weighted by molar-refractivity contribution is 0.0698. The molecule has 9 heteroatoms. The number of carboxylic acid groups (broad SMARTS) is 1. The van der Waals surface area contributed by atoms with E-state index in [-0.39, 0.29) is 29.4 Å². The van der Waals surface area contributed by atoms with Crippen LogP contribution in [0.25, 0.3) is 0 Å². The molecule has 5 N–H and O–H groups in total. The maximum atomic E-state index is 11.4. The van der Waals surface area contributed by atoms with Crippen molar-refractivity contribution in [1.82, 2.24) is 9.71 Å². The van der Waals surface area contributed by atoms with Crippen LogP contribution in [-0.4, -0.2) is 43.3 Å². The highest BCUT2D eigenvalue weighted by atomic mass is 32.2. The number of carboxylic acids is 1. The molecule has 0 unspecified atom stereocenters. The van der Waals surface area contributed by atoms with Gasteiger partial charge in [0.15, 0.2) is 0 Å². The molecule has 0 atom stereocenters. The highest BCUT2D eigenvalue weighted by Gasteiger charge is 2.13. The molecule has 1 aromatic heterocycles. The van der Waals surface area contributed by atoms with Crippen molar-refractivity contribution in [3.63, 3.8) is 0 Å². The fourth-order valence-corrected chi connectivity index (χ4v) is 2.35. The number of aromatic nitrogens is 1. The van der Waals surface area contributed by atoms with Crippen LogP contribution in [-0.2, 0) is 10.0 Å². The van der Waals surface area contributed by atoms with Crippen molar-refractivity contribution in [2.45, 2.75) is 6.92 Å². The molecule has 0 saturated heterocycles. The third-order valence-electron chi connectivity index (χ3n) is 2.25. The Hall–Kier alpha value is -1.87. The molecule has 0 radical (unpaired) electrons. The summed E-state index contributed by atoms with van der Waals surface area (Å²) in [5.41, 5.74) is 5.53. The second kappa shape index (κ2) is 6.34. The summed E-state index contributed by atoms with van der Waals surface area (Å²) in [6, 6.07) is 1.28. The maximum absolute atomic E-state index is 11.4. The normalized spacial score (nSPS) is 11.2. The Labute approximate surface area is 111 Å². The first-order valence-corrected chi connectivity index (χ1v) is 7.21. The first kappa shape index (κ1) is 15.2. The average molecular weight is 288 g/mol. The molecule has 0 aliphatic carbocycles. The first-order chi connectivity index (χ1) is 8.87. The lowest BCUT2D eigenvalue weighted by atomic mass is 10.2. The summed E-state index contributed by atoms with van der Waals surface area (Å²) in [7, 11) is -3.34.